The van der Waals surface area contributed by atoms with E-state index in [1.54, 1.807) is 0 Å². The van der Waals surface area contributed by atoms with Crippen molar-refractivity contribution in [2.45, 2.75) is 33.3 Å². The maximum absolute atomic E-state index is 11.2. The summed E-state index contributed by atoms with van der Waals surface area (Å²) in [5.41, 5.74) is -2.24. The second-order valence-electron chi connectivity index (χ2n) is 2.94. The minimum Gasteiger partial charge on any atom is -0.435 e. The summed E-state index contributed by atoms with van der Waals surface area (Å²) in [7, 11) is 0. The van der Waals surface area contributed by atoms with Gasteiger partial charge in [0.05, 0.1) is 0 Å². The summed E-state index contributed by atoms with van der Waals surface area (Å²) >= 11 is 0. The lowest BCUT2D eigenvalue weighted by molar-refractivity contribution is -0.174. The molecule has 5 heteroatoms. The fraction of sp³-hybridized carbons (Fsp3) is 0.556. The molecular weight excluding hydrogens is 188 g/mol. The second-order valence-corrected chi connectivity index (χ2v) is 2.94. The van der Waals surface area contributed by atoms with E-state index in [1.165, 1.54) is 0 Å². The number of carbonyl (C=O) groups is 4. The molecule has 0 saturated heterocycles. The molecule has 0 aromatic heterocycles. The van der Waals surface area contributed by atoms with Gasteiger partial charge in [-0.3, -0.25) is 19.2 Å². The Kier molecular flexibility index (Phi) is 3.68. The molecule has 0 N–H and O–H groups in total. The smallest absolute Gasteiger partial charge is 0.304 e. The summed E-state index contributed by atoms with van der Waals surface area (Å²) in [6.07, 6.45) is 0. The van der Waals surface area contributed by atoms with Crippen LogP contribution in [-0.4, -0.2) is 28.9 Å². The van der Waals surface area contributed by atoms with Crippen molar-refractivity contribution in [1.82, 2.24) is 0 Å². The predicted molar refractivity (Wildman–Crippen MR) is 46.5 cm³/mol. The van der Waals surface area contributed by atoms with Gasteiger partial charge < -0.3 is 4.74 Å². The Hall–Kier alpha value is -1.52. The Morgan fingerprint density at radius 3 is 1.14 bits per heavy atom. The molecule has 0 rings (SSSR count). The molecule has 0 aliphatic heterocycles. The van der Waals surface area contributed by atoms with Crippen LogP contribution >= 0.6 is 0 Å². The molecule has 0 saturated carbocycles. The Morgan fingerprint density at radius 1 is 0.786 bits per heavy atom. The standard InChI is InChI=1S/C9H12O5/c1-5(10)9(6(2)11,7(3)12)14-8(4)13/h1-4H3. The molecule has 0 heterocycles. The molecule has 0 fully saturated rings. The van der Waals surface area contributed by atoms with E-state index in [4.69, 9.17) is 0 Å². The number of hydrogen-bond acceptors (Lipinski definition) is 5. The van der Waals surface area contributed by atoms with E-state index in [1.807, 2.05) is 0 Å². The molecule has 0 aliphatic rings. The monoisotopic (exact) mass is 200 g/mol. The normalized spacial score (nSPS) is 10.6. The van der Waals surface area contributed by atoms with E-state index in [-0.39, 0.29) is 0 Å². The summed E-state index contributed by atoms with van der Waals surface area (Å²) in [5.74, 6) is -3.20. The molecule has 0 spiro atoms. The van der Waals surface area contributed by atoms with E-state index < -0.39 is 28.9 Å². The summed E-state index contributed by atoms with van der Waals surface area (Å²) in [4.78, 5) is 44.2. The highest BCUT2D eigenvalue weighted by atomic mass is 16.6. The SMILES string of the molecule is CC(=O)OC(C(C)=O)(C(C)=O)C(C)=O. The van der Waals surface area contributed by atoms with Gasteiger partial charge in [-0.15, -0.1) is 0 Å². The highest BCUT2D eigenvalue weighted by Crippen LogP contribution is 2.16. The molecule has 14 heavy (non-hydrogen) atoms. The third kappa shape index (κ3) is 2.04. The third-order valence-electron chi connectivity index (χ3n) is 1.78. The van der Waals surface area contributed by atoms with E-state index in [9.17, 15) is 19.2 Å². The van der Waals surface area contributed by atoms with E-state index >= 15 is 0 Å². The van der Waals surface area contributed by atoms with Crippen LogP contribution in [0.5, 0.6) is 0 Å². The molecule has 5 nitrogen and oxygen atoms in total. The molecule has 0 atom stereocenters. The molecular formula is C9H12O5. The molecule has 0 aliphatic carbocycles. The first-order valence-corrected chi connectivity index (χ1v) is 3.97. The van der Waals surface area contributed by atoms with Crippen LogP contribution in [0.15, 0.2) is 0 Å². The van der Waals surface area contributed by atoms with Crippen LogP contribution < -0.4 is 0 Å². The average Bonchev–Trinajstić information content (AvgIpc) is 1.97. The maximum atomic E-state index is 11.2. The zero-order valence-electron chi connectivity index (χ0n) is 8.54. The van der Waals surface area contributed by atoms with Gasteiger partial charge >= 0.3 is 5.97 Å². The van der Waals surface area contributed by atoms with Gasteiger partial charge in [-0.2, -0.15) is 0 Å². The van der Waals surface area contributed by atoms with Crippen LogP contribution in [-0.2, 0) is 23.9 Å². The molecule has 0 unspecified atom stereocenters. The van der Waals surface area contributed by atoms with Gasteiger partial charge in [-0.25, -0.2) is 0 Å². The van der Waals surface area contributed by atoms with E-state index in [0.29, 0.717) is 0 Å². The zero-order chi connectivity index (χ0) is 11.5. The number of ketones is 3. The minimum absolute atomic E-state index is 0.785. The topological polar surface area (TPSA) is 77.5 Å². The van der Waals surface area contributed by atoms with Gasteiger partial charge in [0, 0.05) is 6.92 Å². The fourth-order valence-electron chi connectivity index (χ4n) is 1.17. The van der Waals surface area contributed by atoms with Gasteiger partial charge in [0.15, 0.2) is 17.3 Å². The van der Waals surface area contributed by atoms with Crippen LogP contribution in [0.3, 0.4) is 0 Å². The van der Waals surface area contributed by atoms with Crippen LogP contribution in [0.25, 0.3) is 0 Å². The fourth-order valence-corrected chi connectivity index (χ4v) is 1.17. The van der Waals surface area contributed by atoms with Crippen molar-refractivity contribution in [1.29, 1.82) is 0 Å². The minimum atomic E-state index is -2.24. The molecule has 78 valence electrons. The zero-order valence-corrected chi connectivity index (χ0v) is 8.54. The number of hydrogen-bond donors (Lipinski definition) is 0. The van der Waals surface area contributed by atoms with Gasteiger partial charge in [0.2, 0.25) is 0 Å². The number of carbonyl (C=O) groups excluding carboxylic acids is 4. The first-order chi connectivity index (χ1) is 6.25. The predicted octanol–water partition coefficient (Wildman–Crippen LogP) is 0.0553. The van der Waals surface area contributed by atoms with E-state index in [0.717, 1.165) is 27.7 Å². The van der Waals surface area contributed by atoms with Crippen molar-refractivity contribution < 1.29 is 23.9 Å². The van der Waals surface area contributed by atoms with Crippen molar-refractivity contribution in [3.63, 3.8) is 0 Å². The number of ether oxygens (including phenoxy) is 1. The Bertz CT molecular complexity index is 266. The summed E-state index contributed by atoms with van der Waals surface area (Å²) in [5, 5.41) is 0. The molecule has 0 amide bonds. The quantitative estimate of drug-likeness (QED) is 0.473. The Balaban J connectivity index is 5.38. The van der Waals surface area contributed by atoms with Crippen molar-refractivity contribution in [3.8, 4) is 0 Å². The summed E-state index contributed by atoms with van der Waals surface area (Å²) in [6, 6.07) is 0. The van der Waals surface area contributed by atoms with Crippen molar-refractivity contribution >= 4 is 23.3 Å². The molecule has 0 aromatic carbocycles. The van der Waals surface area contributed by atoms with Gasteiger partial charge in [0.1, 0.15) is 0 Å². The second kappa shape index (κ2) is 4.13. The van der Waals surface area contributed by atoms with E-state index in [2.05, 4.69) is 4.74 Å². The maximum Gasteiger partial charge on any atom is 0.304 e. The Labute approximate surface area is 81.4 Å². The molecule has 0 bridgehead atoms. The van der Waals surface area contributed by atoms with Crippen LogP contribution in [0.1, 0.15) is 27.7 Å². The number of esters is 1. The summed E-state index contributed by atoms with van der Waals surface area (Å²) in [6.45, 7) is 4.13. The lowest BCUT2D eigenvalue weighted by atomic mass is 9.90. The van der Waals surface area contributed by atoms with Crippen LogP contribution in [0.4, 0.5) is 0 Å². The van der Waals surface area contributed by atoms with Crippen LogP contribution in [0.2, 0.25) is 0 Å². The van der Waals surface area contributed by atoms with Gasteiger partial charge in [-0.1, -0.05) is 0 Å². The highest BCUT2D eigenvalue weighted by Gasteiger charge is 2.48. The van der Waals surface area contributed by atoms with Crippen molar-refractivity contribution in [3.05, 3.63) is 0 Å². The average molecular weight is 200 g/mol. The first kappa shape index (κ1) is 12.5. The highest BCUT2D eigenvalue weighted by molar-refractivity contribution is 6.27. The van der Waals surface area contributed by atoms with Crippen LogP contribution in [0, 0.1) is 0 Å². The third-order valence-corrected chi connectivity index (χ3v) is 1.78. The Morgan fingerprint density at radius 2 is 1.07 bits per heavy atom. The van der Waals surface area contributed by atoms with Crippen molar-refractivity contribution in [2.24, 2.45) is 0 Å². The summed E-state index contributed by atoms with van der Waals surface area (Å²) < 4.78 is 4.53. The van der Waals surface area contributed by atoms with Gasteiger partial charge in [-0.05, 0) is 20.8 Å². The number of Topliss-reactive ketones (excluding diaryl/α,β-unsaturated/α-hetero) is 3. The number of rotatable bonds is 4. The molecule has 0 aromatic rings. The van der Waals surface area contributed by atoms with Crippen molar-refractivity contribution in [2.75, 3.05) is 0 Å². The first-order valence-electron chi connectivity index (χ1n) is 3.97. The lowest BCUT2D eigenvalue weighted by Crippen LogP contribution is -2.53. The largest absolute Gasteiger partial charge is 0.435 e. The molecule has 0 radical (unpaired) electrons. The lowest BCUT2D eigenvalue weighted by Gasteiger charge is -2.24. The van der Waals surface area contributed by atoms with Gasteiger partial charge in [0.25, 0.3) is 5.60 Å².